The van der Waals surface area contributed by atoms with Crippen molar-refractivity contribution in [1.82, 2.24) is 18.7 Å². The van der Waals surface area contributed by atoms with E-state index in [1.165, 1.54) is 18.0 Å². The van der Waals surface area contributed by atoms with Gasteiger partial charge in [0.05, 0.1) is 15.7 Å². The van der Waals surface area contributed by atoms with Crippen molar-refractivity contribution in [3.05, 3.63) is 53.6 Å². The van der Waals surface area contributed by atoms with Gasteiger partial charge in [-0.15, -0.1) is 0 Å². The van der Waals surface area contributed by atoms with E-state index in [0.717, 1.165) is 35.6 Å². The van der Waals surface area contributed by atoms with E-state index in [9.17, 15) is 8.42 Å². The maximum absolute atomic E-state index is 12.7. The lowest BCUT2D eigenvalue weighted by atomic mass is 10.2. The van der Waals surface area contributed by atoms with Crippen LogP contribution in [0.25, 0.3) is 5.65 Å². The first-order valence-electron chi connectivity index (χ1n) is 8.74. The zero-order valence-corrected chi connectivity index (χ0v) is 17.0. The Hall–Kier alpha value is -1.61. The highest BCUT2D eigenvalue weighted by Gasteiger charge is 2.26. The standard InChI is InChI=1S/C18H19ClN4O2S2/c19-14-4-6-17-21-15(12-22(17)11-14)13-26-18-7-5-16(10-20-18)27(24,25)23-8-2-1-3-9-23/h4-7,10-12H,1-3,8-9,13H2. The number of rotatable bonds is 5. The van der Waals surface area contributed by atoms with Gasteiger partial charge in [-0.2, -0.15) is 4.31 Å². The van der Waals surface area contributed by atoms with Crippen molar-refractivity contribution in [2.24, 2.45) is 0 Å². The molecule has 0 radical (unpaired) electrons. The van der Waals surface area contributed by atoms with E-state index in [-0.39, 0.29) is 4.90 Å². The quantitative estimate of drug-likeness (QED) is 0.584. The number of sulfonamides is 1. The van der Waals surface area contributed by atoms with Gasteiger partial charge in [-0.05, 0) is 37.1 Å². The van der Waals surface area contributed by atoms with Gasteiger partial charge in [0, 0.05) is 37.4 Å². The number of hydrogen-bond donors (Lipinski definition) is 0. The molecule has 0 bridgehead atoms. The summed E-state index contributed by atoms with van der Waals surface area (Å²) in [6.07, 6.45) is 8.14. The van der Waals surface area contributed by atoms with Gasteiger partial charge in [-0.3, -0.25) is 0 Å². The zero-order chi connectivity index (χ0) is 18.9. The van der Waals surface area contributed by atoms with Crippen LogP contribution >= 0.6 is 23.4 Å². The lowest BCUT2D eigenvalue weighted by molar-refractivity contribution is 0.346. The van der Waals surface area contributed by atoms with E-state index in [4.69, 9.17) is 11.6 Å². The third kappa shape index (κ3) is 4.13. The summed E-state index contributed by atoms with van der Waals surface area (Å²) in [5.74, 6) is 0.643. The Morgan fingerprint density at radius 3 is 2.63 bits per heavy atom. The molecule has 0 spiro atoms. The molecule has 142 valence electrons. The zero-order valence-electron chi connectivity index (χ0n) is 14.6. The summed E-state index contributed by atoms with van der Waals surface area (Å²) in [5, 5.41) is 1.42. The summed E-state index contributed by atoms with van der Waals surface area (Å²) in [7, 11) is -3.43. The van der Waals surface area contributed by atoms with Crippen LogP contribution in [0.1, 0.15) is 25.0 Å². The van der Waals surface area contributed by atoms with Crippen LogP contribution in [0.5, 0.6) is 0 Å². The molecular weight excluding hydrogens is 404 g/mol. The molecule has 27 heavy (non-hydrogen) atoms. The Kier molecular flexibility index (Phi) is 5.41. The Morgan fingerprint density at radius 1 is 1.07 bits per heavy atom. The molecule has 9 heteroatoms. The van der Waals surface area contributed by atoms with Crippen LogP contribution < -0.4 is 0 Å². The minimum atomic E-state index is -3.43. The topological polar surface area (TPSA) is 67.6 Å². The molecule has 1 fully saturated rings. The highest BCUT2D eigenvalue weighted by molar-refractivity contribution is 7.98. The number of piperidine rings is 1. The molecule has 0 amide bonds. The van der Waals surface area contributed by atoms with E-state index < -0.39 is 10.0 Å². The molecule has 0 aliphatic carbocycles. The molecular formula is C18H19ClN4O2S2. The number of aromatic nitrogens is 3. The first-order valence-corrected chi connectivity index (χ1v) is 11.5. The second-order valence-electron chi connectivity index (χ2n) is 6.43. The van der Waals surface area contributed by atoms with E-state index in [0.29, 0.717) is 23.9 Å². The van der Waals surface area contributed by atoms with Gasteiger partial charge in [-0.1, -0.05) is 29.8 Å². The largest absolute Gasteiger partial charge is 0.305 e. The third-order valence-electron chi connectivity index (χ3n) is 4.49. The van der Waals surface area contributed by atoms with E-state index in [1.54, 1.807) is 16.4 Å². The number of fused-ring (bicyclic) bond motifs is 1. The number of pyridine rings is 2. The van der Waals surface area contributed by atoms with E-state index in [1.807, 2.05) is 28.9 Å². The molecule has 0 atom stereocenters. The van der Waals surface area contributed by atoms with Crippen LogP contribution in [-0.4, -0.2) is 40.2 Å². The number of halogens is 1. The van der Waals surface area contributed by atoms with Gasteiger partial charge in [0.2, 0.25) is 10.0 Å². The monoisotopic (exact) mass is 422 g/mol. The number of hydrogen-bond acceptors (Lipinski definition) is 5. The Labute approximate surface area is 167 Å². The lowest BCUT2D eigenvalue weighted by Crippen LogP contribution is -2.35. The van der Waals surface area contributed by atoms with Crippen LogP contribution in [0, 0.1) is 0 Å². The van der Waals surface area contributed by atoms with Crippen LogP contribution in [0.4, 0.5) is 0 Å². The van der Waals surface area contributed by atoms with Gasteiger partial charge < -0.3 is 4.40 Å². The second kappa shape index (κ2) is 7.79. The second-order valence-corrected chi connectivity index (χ2v) is 9.80. The summed E-state index contributed by atoms with van der Waals surface area (Å²) in [6.45, 7) is 1.19. The molecule has 4 rings (SSSR count). The van der Waals surface area contributed by atoms with Crippen molar-refractivity contribution in [2.75, 3.05) is 13.1 Å². The van der Waals surface area contributed by atoms with Gasteiger partial charge >= 0.3 is 0 Å². The summed E-state index contributed by atoms with van der Waals surface area (Å²) in [6, 6.07) is 7.08. The normalized spacial score (nSPS) is 16.0. The lowest BCUT2D eigenvalue weighted by Gasteiger charge is -2.25. The fraction of sp³-hybridized carbons (Fsp3) is 0.333. The fourth-order valence-electron chi connectivity index (χ4n) is 3.09. The molecule has 6 nitrogen and oxygen atoms in total. The summed E-state index contributed by atoms with van der Waals surface area (Å²) in [4.78, 5) is 9.12. The highest BCUT2D eigenvalue weighted by atomic mass is 35.5. The van der Waals surface area contributed by atoms with E-state index >= 15 is 0 Å². The van der Waals surface area contributed by atoms with Crippen LogP contribution in [0.15, 0.2) is 52.8 Å². The average molecular weight is 423 g/mol. The third-order valence-corrected chi connectivity index (χ3v) is 7.58. The first-order chi connectivity index (χ1) is 13.0. The summed E-state index contributed by atoms with van der Waals surface area (Å²) < 4.78 is 28.8. The van der Waals surface area contributed by atoms with Crippen LogP contribution in [-0.2, 0) is 15.8 Å². The highest BCUT2D eigenvalue weighted by Crippen LogP contribution is 2.24. The number of imidazole rings is 1. The summed E-state index contributed by atoms with van der Waals surface area (Å²) >= 11 is 7.51. The smallest absolute Gasteiger partial charge is 0.244 e. The van der Waals surface area contributed by atoms with Crippen molar-refractivity contribution in [3.63, 3.8) is 0 Å². The van der Waals surface area contributed by atoms with Crippen molar-refractivity contribution in [3.8, 4) is 0 Å². The Bertz CT molecular complexity index is 1040. The van der Waals surface area contributed by atoms with Gasteiger partial charge in [0.15, 0.2) is 0 Å². The molecule has 1 aliphatic rings. The number of thioether (sulfide) groups is 1. The SMILES string of the molecule is O=S(=O)(c1ccc(SCc2cn3cc(Cl)ccc3n2)nc1)N1CCCCC1. The van der Waals surface area contributed by atoms with Crippen LogP contribution in [0.3, 0.4) is 0 Å². The van der Waals surface area contributed by atoms with Gasteiger partial charge in [0.1, 0.15) is 10.5 Å². The van der Waals surface area contributed by atoms with Crippen LogP contribution in [0.2, 0.25) is 5.02 Å². The molecule has 3 aromatic heterocycles. The predicted molar refractivity (Wildman–Crippen MR) is 107 cm³/mol. The molecule has 4 heterocycles. The molecule has 0 unspecified atom stereocenters. The maximum Gasteiger partial charge on any atom is 0.244 e. The molecule has 0 N–H and O–H groups in total. The van der Waals surface area contributed by atoms with E-state index in [2.05, 4.69) is 9.97 Å². The Morgan fingerprint density at radius 2 is 1.89 bits per heavy atom. The predicted octanol–water partition coefficient (Wildman–Crippen LogP) is 3.85. The molecule has 0 saturated carbocycles. The van der Waals surface area contributed by atoms with Gasteiger partial charge in [-0.25, -0.2) is 18.4 Å². The van der Waals surface area contributed by atoms with Crippen molar-refractivity contribution >= 4 is 39.0 Å². The van der Waals surface area contributed by atoms with Crippen molar-refractivity contribution in [1.29, 1.82) is 0 Å². The Balaban J connectivity index is 1.44. The van der Waals surface area contributed by atoms with Crippen molar-refractivity contribution in [2.45, 2.75) is 34.9 Å². The average Bonchev–Trinajstić information content (AvgIpc) is 3.09. The molecule has 0 aromatic carbocycles. The minimum Gasteiger partial charge on any atom is -0.305 e. The van der Waals surface area contributed by atoms with Gasteiger partial charge in [0.25, 0.3) is 0 Å². The first kappa shape index (κ1) is 18.7. The maximum atomic E-state index is 12.7. The molecule has 1 saturated heterocycles. The number of nitrogens with zero attached hydrogens (tertiary/aromatic N) is 4. The molecule has 1 aliphatic heterocycles. The molecule has 3 aromatic rings. The summed E-state index contributed by atoms with van der Waals surface area (Å²) in [5.41, 5.74) is 1.75. The fourth-order valence-corrected chi connectivity index (χ4v) is 5.45. The van der Waals surface area contributed by atoms with Crippen molar-refractivity contribution < 1.29 is 8.42 Å². The minimum absolute atomic E-state index is 0.260.